The quantitative estimate of drug-likeness (QED) is 0.557. The summed E-state index contributed by atoms with van der Waals surface area (Å²) < 4.78 is 6.99. The predicted molar refractivity (Wildman–Crippen MR) is 134 cm³/mol. The molecular formula is C25H35N3O5S. The van der Waals surface area contributed by atoms with Crippen LogP contribution in [0.3, 0.4) is 0 Å². The van der Waals surface area contributed by atoms with Gasteiger partial charge in [-0.1, -0.05) is 13.8 Å². The molecule has 0 aliphatic carbocycles. The van der Waals surface area contributed by atoms with Gasteiger partial charge in [0.2, 0.25) is 5.91 Å². The molecule has 1 saturated heterocycles. The number of aliphatic carboxylic acids is 1. The smallest absolute Gasteiger partial charge is 0.305 e. The number of ether oxygens (including phenoxy) is 1. The molecule has 0 radical (unpaired) electrons. The summed E-state index contributed by atoms with van der Waals surface area (Å²) in [7, 11) is 0. The number of carbonyl (C=O) groups excluding carboxylic acids is 1. The number of morpholine rings is 1. The number of carboxylic acids is 1. The molecule has 0 spiro atoms. The Hall–Kier alpha value is -2.65. The minimum atomic E-state index is -0.999. The first kappa shape index (κ1) is 26.0. The first-order valence-corrected chi connectivity index (χ1v) is 12.6. The molecule has 186 valence electrons. The highest BCUT2D eigenvalue weighted by Gasteiger charge is 2.28. The van der Waals surface area contributed by atoms with E-state index in [1.807, 2.05) is 39.1 Å². The molecule has 2 aromatic rings. The van der Waals surface area contributed by atoms with Crippen LogP contribution in [0.4, 0.5) is 5.00 Å². The lowest BCUT2D eigenvalue weighted by Crippen LogP contribution is -2.43. The molecule has 1 amide bonds. The van der Waals surface area contributed by atoms with Crippen LogP contribution in [-0.4, -0.2) is 47.4 Å². The van der Waals surface area contributed by atoms with Gasteiger partial charge in [-0.2, -0.15) is 0 Å². The van der Waals surface area contributed by atoms with Crippen molar-refractivity contribution in [2.75, 3.05) is 24.7 Å². The summed E-state index contributed by atoms with van der Waals surface area (Å²) in [5.41, 5.74) is 2.31. The second-order valence-corrected chi connectivity index (χ2v) is 10.4. The third-order valence-corrected chi connectivity index (χ3v) is 7.22. The highest BCUT2D eigenvalue weighted by Crippen LogP contribution is 2.32. The van der Waals surface area contributed by atoms with Gasteiger partial charge in [-0.15, -0.1) is 11.3 Å². The molecule has 3 atom stereocenters. The summed E-state index contributed by atoms with van der Waals surface area (Å²) in [4.78, 5) is 40.1. The first-order chi connectivity index (χ1) is 16.1. The maximum absolute atomic E-state index is 13.5. The van der Waals surface area contributed by atoms with E-state index in [0.29, 0.717) is 19.6 Å². The van der Waals surface area contributed by atoms with E-state index in [4.69, 9.17) is 4.74 Å². The van der Waals surface area contributed by atoms with Gasteiger partial charge in [0.05, 0.1) is 36.7 Å². The van der Waals surface area contributed by atoms with Crippen molar-refractivity contribution in [2.24, 2.45) is 5.92 Å². The third-order valence-electron chi connectivity index (χ3n) is 6.24. The van der Waals surface area contributed by atoms with Gasteiger partial charge in [0, 0.05) is 18.8 Å². The standard InChI is InChI=1S/C25H35N3O5S/c1-15(2)8-21(28-12-17(4)16(3)9-22(28)29)25(32)26-20(11-24(30)31)19-10-23(34-14-19)27-6-7-33-13-18(27)5/h9-10,12,14-15,18,20-21H,6-8,11,13H2,1-5H3,(H,26,32)(H,30,31)/t18?,20-,21+/m0/s1. The number of nitrogens with zero attached hydrogens (tertiary/aromatic N) is 2. The minimum absolute atomic E-state index is 0.165. The van der Waals surface area contributed by atoms with Gasteiger partial charge in [0.1, 0.15) is 6.04 Å². The van der Waals surface area contributed by atoms with E-state index in [1.165, 1.54) is 15.9 Å². The van der Waals surface area contributed by atoms with Gasteiger partial charge in [-0.05, 0) is 61.2 Å². The van der Waals surface area contributed by atoms with Crippen molar-refractivity contribution in [1.82, 2.24) is 9.88 Å². The molecule has 8 nitrogen and oxygen atoms in total. The van der Waals surface area contributed by atoms with Crippen molar-refractivity contribution >= 4 is 28.2 Å². The van der Waals surface area contributed by atoms with Gasteiger partial charge in [-0.3, -0.25) is 14.4 Å². The highest BCUT2D eigenvalue weighted by atomic mass is 32.1. The van der Waals surface area contributed by atoms with Crippen molar-refractivity contribution in [3.05, 3.63) is 50.8 Å². The van der Waals surface area contributed by atoms with E-state index in [2.05, 4.69) is 17.1 Å². The molecule has 3 heterocycles. The first-order valence-electron chi connectivity index (χ1n) is 11.7. The van der Waals surface area contributed by atoms with Crippen LogP contribution >= 0.6 is 11.3 Å². The van der Waals surface area contributed by atoms with Crippen LogP contribution in [0.25, 0.3) is 0 Å². The van der Waals surface area contributed by atoms with Crippen LogP contribution in [-0.2, 0) is 14.3 Å². The normalized spacial score (nSPS) is 18.1. The number of thiophene rings is 1. The molecule has 9 heteroatoms. The zero-order valence-electron chi connectivity index (χ0n) is 20.5. The predicted octanol–water partition coefficient (Wildman–Crippen LogP) is 3.67. The van der Waals surface area contributed by atoms with Crippen molar-refractivity contribution in [2.45, 2.75) is 65.6 Å². The maximum Gasteiger partial charge on any atom is 0.305 e. The Balaban J connectivity index is 1.88. The van der Waals surface area contributed by atoms with Crippen molar-refractivity contribution in [3.63, 3.8) is 0 Å². The number of aromatic nitrogens is 1. The van der Waals surface area contributed by atoms with Gasteiger partial charge < -0.3 is 24.6 Å². The molecule has 2 N–H and O–H groups in total. The van der Waals surface area contributed by atoms with E-state index in [9.17, 15) is 19.5 Å². The maximum atomic E-state index is 13.5. The molecule has 3 rings (SSSR count). The second kappa shape index (κ2) is 11.2. The van der Waals surface area contributed by atoms with Crippen LogP contribution in [0.5, 0.6) is 0 Å². The van der Waals surface area contributed by atoms with Gasteiger partial charge >= 0.3 is 5.97 Å². The zero-order chi connectivity index (χ0) is 25.0. The number of amides is 1. The Labute approximate surface area is 204 Å². The fourth-order valence-electron chi connectivity index (χ4n) is 4.21. The van der Waals surface area contributed by atoms with Gasteiger partial charge in [-0.25, -0.2) is 0 Å². The minimum Gasteiger partial charge on any atom is -0.481 e. The SMILES string of the molecule is Cc1cc(=O)n([C@H](CC(C)C)C(=O)N[C@@H](CC(=O)O)c2csc(N3CCOCC3C)c2)cc1C. The lowest BCUT2D eigenvalue weighted by atomic mass is 10.0. The molecule has 1 fully saturated rings. The van der Waals surface area contributed by atoms with E-state index in [-0.39, 0.29) is 29.8 Å². The molecular weight excluding hydrogens is 454 g/mol. The lowest BCUT2D eigenvalue weighted by molar-refractivity contribution is -0.138. The molecule has 0 bridgehead atoms. The summed E-state index contributed by atoms with van der Waals surface area (Å²) in [5, 5.41) is 15.4. The average Bonchev–Trinajstić information content (AvgIpc) is 3.24. The molecule has 0 aromatic carbocycles. The number of aryl methyl sites for hydroxylation is 2. The number of carbonyl (C=O) groups is 2. The Morgan fingerprint density at radius 2 is 2.00 bits per heavy atom. The summed E-state index contributed by atoms with van der Waals surface area (Å²) in [6.07, 6.45) is 1.95. The molecule has 0 saturated carbocycles. The lowest BCUT2D eigenvalue weighted by Gasteiger charge is -2.34. The van der Waals surface area contributed by atoms with Crippen molar-refractivity contribution < 1.29 is 19.4 Å². The van der Waals surface area contributed by atoms with Crippen LogP contribution in [0.2, 0.25) is 0 Å². The highest BCUT2D eigenvalue weighted by molar-refractivity contribution is 7.14. The summed E-state index contributed by atoms with van der Waals surface area (Å²) in [5.74, 6) is -1.18. The van der Waals surface area contributed by atoms with E-state index in [0.717, 1.165) is 28.2 Å². The number of carboxylic acid groups (broad SMARTS) is 1. The number of rotatable bonds is 9. The fourth-order valence-corrected chi connectivity index (χ4v) is 5.31. The summed E-state index contributed by atoms with van der Waals surface area (Å²) in [6, 6.07) is 2.31. The van der Waals surface area contributed by atoms with Gasteiger partial charge in [0.15, 0.2) is 0 Å². The van der Waals surface area contributed by atoms with E-state index < -0.39 is 18.1 Å². The molecule has 1 unspecified atom stereocenters. The molecule has 1 aliphatic rings. The monoisotopic (exact) mass is 489 g/mol. The third kappa shape index (κ3) is 6.27. The number of hydrogen-bond donors (Lipinski definition) is 2. The second-order valence-electron chi connectivity index (χ2n) is 9.52. The largest absolute Gasteiger partial charge is 0.481 e. The Bertz CT molecular complexity index is 1080. The number of hydrogen-bond acceptors (Lipinski definition) is 6. The van der Waals surface area contributed by atoms with E-state index >= 15 is 0 Å². The molecule has 34 heavy (non-hydrogen) atoms. The zero-order valence-corrected chi connectivity index (χ0v) is 21.4. The van der Waals surface area contributed by atoms with E-state index in [1.54, 1.807) is 12.3 Å². The fraction of sp³-hybridized carbons (Fsp3) is 0.560. The summed E-state index contributed by atoms with van der Waals surface area (Å²) >= 11 is 1.53. The Morgan fingerprint density at radius 3 is 2.65 bits per heavy atom. The Morgan fingerprint density at radius 1 is 1.26 bits per heavy atom. The van der Waals surface area contributed by atoms with Crippen LogP contribution in [0, 0.1) is 19.8 Å². The van der Waals surface area contributed by atoms with Crippen molar-refractivity contribution in [3.8, 4) is 0 Å². The number of nitrogens with one attached hydrogen (secondary N) is 1. The molecule has 1 aliphatic heterocycles. The topological polar surface area (TPSA) is 101 Å². The summed E-state index contributed by atoms with van der Waals surface area (Å²) in [6.45, 7) is 11.9. The van der Waals surface area contributed by atoms with Crippen molar-refractivity contribution in [1.29, 1.82) is 0 Å². The van der Waals surface area contributed by atoms with Crippen LogP contribution < -0.4 is 15.8 Å². The molecule has 2 aromatic heterocycles. The van der Waals surface area contributed by atoms with Crippen LogP contribution in [0.1, 0.15) is 62.4 Å². The van der Waals surface area contributed by atoms with Crippen LogP contribution in [0.15, 0.2) is 28.5 Å². The average molecular weight is 490 g/mol. The Kier molecular flexibility index (Phi) is 8.54. The number of anilines is 1. The number of pyridine rings is 1. The van der Waals surface area contributed by atoms with Gasteiger partial charge in [0.25, 0.3) is 5.56 Å².